The molecule has 0 rings (SSSR count). The third-order valence-electron chi connectivity index (χ3n) is 1.27. The predicted molar refractivity (Wildman–Crippen MR) is 35.8 cm³/mol. The molecule has 5 nitrogen and oxygen atoms in total. The highest BCUT2D eigenvalue weighted by molar-refractivity contribution is 5.50. The van der Waals surface area contributed by atoms with Gasteiger partial charge in [0.2, 0.25) is 0 Å². The average Bonchev–Trinajstić information content (AvgIpc) is 2.00. The Hall–Kier alpha value is -0.490. The minimum absolute atomic E-state index is 0.557. The molecular weight excluding hydrogens is 152 g/mol. The van der Waals surface area contributed by atoms with Gasteiger partial charge >= 0.3 is 0 Å². The smallest absolute Gasteiger partial charge is 0.122 e. The fourth-order valence-electron chi connectivity index (χ4n) is 0.571. The lowest BCUT2D eigenvalue weighted by atomic mass is 10.1. The number of carbonyl (C=O) groups is 1. The van der Waals surface area contributed by atoms with Crippen molar-refractivity contribution in [1.82, 2.24) is 0 Å². The molecule has 11 heavy (non-hydrogen) atoms. The Morgan fingerprint density at radius 3 is 2.27 bits per heavy atom. The van der Waals surface area contributed by atoms with Crippen molar-refractivity contribution in [3.8, 4) is 0 Å². The van der Waals surface area contributed by atoms with Crippen molar-refractivity contribution in [3.05, 3.63) is 0 Å². The van der Waals surface area contributed by atoms with E-state index in [1.807, 2.05) is 0 Å². The minimum Gasteiger partial charge on any atom is -0.394 e. The number of aliphatic hydroxyl groups excluding tert-OH is 4. The monoisotopic (exact) mass is 166 g/mol. The summed E-state index contributed by atoms with van der Waals surface area (Å²) in [5, 5.41) is 35.0. The van der Waals surface area contributed by atoms with Crippen LogP contribution in [-0.2, 0) is 4.79 Å². The zero-order valence-corrected chi connectivity index (χ0v) is 5.84. The van der Waals surface area contributed by atoms with E-state index in [0.717, 1.165) is 0 Å². The lowest BCUT2D eigenvalue weighted by Gasteiger charge is -2.19. The quantitative estimate of drug-likeness (QED) is 0.343. The average molecular weight is 166 g/mol. The van der Waals surface area contributed by atoms with Crippen molar-refractivity contribution in [1.29, 1.82) is 0 Å². The molecule has 3 unspecified atom stereocenters. The van der Waals surface area contributed by atoms with Crippen molar-refractivity contribution in [3.63, 3.8) is 0 Å². The number of rotatable bonds is 5. The van der Waals surface area contributed by atoms with Gasteiger partial charge in [0.25, 0.3) is 0 Å². The zero-order valence-electron chi connectivity index (χ0n) is 6.84. The Balaban J connectivity index is 3.91. The Morgan fingerprint density at radius 1 is 1.36 bits per heavy atom. The third kappa shape index (κ3) is 3.43. The second kappa shape index (κ2) is 5.20. The fraction of sp³-hybridized carbons (Fsp3) is 0.833. The molecule has 0 amide bonds. The first-order chi connectivity index (χ1) is 5.49. The summed E-state index contributed by atoms with van der Waals surface area (Å²) < 4.78 is 6.45. The summed E-state index contributed by atoms with van der Waals surface area (Å²) in [7, 11) is 0. The molecule has 66 valence electrons. The molecule has 0 aromatic rings. The van der Waals surface area contributed by atoms with E-state index in [4.69, 9.17) is 21.8 Å². The second-order valence-corrected chi connectivity index (χ2v) is 2.16. The van der Waals surface area contributed by atoms with Crippen LogP contribution < -0.4 is 0 Å². The van der Waals surface area contributed by atoms with Crippen molar-refractivity contribution in [2.24, 2.45) is 0 Å². The van der Waals surface area contributed by atoms with Crippen LogP contribution in [0.1, 0.15) is 7.79 Å². The van der Waals surface area contributed by atoms with E-state index in [9.17, 15) is 4.79 Å². The van der Waals surface area contributed by atoms with E-state index >= 15 is 0 Å². The van der Waals surface area contributed by atoms with E-state index in [0.29, 0.717) is 0 Å². The van der Waals surface area contributed by atoms with E-state index in [1.165, 1.54) is 0 Å². The fourth-order valence-corrected chi connectivity index (χ4v) is 0.571. The highest BCUT2D eigenvalue weighted by atomic mass is 16.4. The Kier molecular flexibility index (Phi) is 4.07. The molecule has 0 bridgehead atoms. The van der Waals surface area contributed by atoms with Crippen LogP contribution >= 0.6 is 0 Å². The molecule has 0 aliphatic rings. The summed E-state index contributed by atoms with van der Waals surface area (Å²) in [6, 6.07) is 0. The molecule has 0 radical (unpaired) electrons. The normalized spacial score (nSPS) is 20.2. The number of hydrogen-bond donors (Lipinski definition) is 4. The first-order valence-corrected chi connectivity index (χ1v) is 3.13. The Morgan fingerprint density at radius 2 is 1.91 bits per heavy atom. The molecule has 4 N–H and O–H groups in total. The van der Waals surface area contributed by atoms with E-state index in [-0.39, 0.29) is 0 Å². The van der Waals surface area contributed by atoms with E-state index in [2.05, 4.69) is 0 Å². The second-order valence-electron chi connectivity index (χ2n) is 2.16. The van der Waals surface area contributed by atoms with Gasteiger partial charge in [-0.05, 0) is 0 Å². The summed E-state index contributed by atoms with van der Waals surface area (Å²) in [6.07, 6.45) is -6.18. The topological polar surface area (TPSA) is 98.0 Å². The molecule has 0 saturated carbocycles. The Labute approximate surface area is 65.3 Å². The molecule has 3 atom stereocenters. The van der Waals surface area contributed by atoms with Gasteiger partial charge in [-0.25, -0.2) is 0 Å². The molecule has 0 aromatic carbocycles. The van der Waals surface area contributed by atoms with Gasteiger partial charge in [-0.2, -0.15) is 0 Å². The maximum absolute atomic E-state index is 10.1. The third-order valence-corrected chi connectivity index (χ3v) is 1.27. The predicted octanol–water partition coefficient (Wildman–Crippen LogP) is -2.35. The van der Waals surface area contributed by atoms with Crippen molar-refractivity contribution < 1.29 is 26.6 Å². The van der Waals surface area contributed by atoms with Crippen molar-refractivity contribution in [2.45, 2.75) is 24.7 Å². The minimum atomic E-state index is -1.59. The van der Waals surface area contributed by atoms with Crippen LogP contribution in [0, 0.1) is 0 Å². The van der Waals surface area contributed by atoms with Crippen LogP contribution in [0.2, 0.25) is 0 Å². The maximum atomic E-state index is 10.1. The van der Waals surface area contributed by atoms with Gasteiger partial charge in [-0.15, -0.1) is 0 Å². The zero-order chi connectivity index (χ0) is 9.72. The number of carbonyl (C=O) groups excluding carboxylic acids is 1. The standard InChI is InChI=1S/C6H12O5/c7-2-1-4(9)6(11)5(10)3-8/h2,4-6,8-11H,1,3H2/i2T. The summed E-state index contributed by atoms with van der Waals surface area (Å²) in [5.74, 6) is 0. The molecule has 0 fully saturated rings. The van der Waals surface area contributed by atoms with E-state index in [1.54, 1.807) is 0 Å². The first kappa shape index (κ1) is 8.61. The van der Waals surface area contributed by atoms with E-state index < -0.39 is 37.6 Å². The van der Waals surface area contributed by atoms with Crippen molar-refractivity contribution in [2.75, 3.05) is 6.61 Å². The lowest BCUT2D eigenvalue weighted by molar-refractivity contribution is -0.115. The molecule has 0 aliphatic heterocycles. The van der Waals surface area contributed by atoms with Crippen LogP contribution in [0.25, 0.3) is 0 Å². The van der Waals surface area contributed by atoms with Gasteiger partial charge < -0.3 is 25.2 Å². The van der Waals surface area contributed by atoms with Gasteiger partial charge in [0.05, 0.1) is 12.7 Å². The molecule has 5 heteroatoms. The van der Waals surface area contributed by atoms with Crippen LogP contribution in [0.5, 0.6) is 0 Å². The van der Waals surface area contributed by atoms with Crippen LogP contribution in [-0.4, -0.2) is 51.6 Å². The lowest BCUT2D eigenvalue weighted by Crippen LogP contribution is -2.39. The highest BCUT2D eigenvalue weighted by Crippen LogP contribution is 2.01. The molecular formula is C6H12O5. The van der Waals surface area contributed by atoms with Crippen LogP contribution in [0.4, 0.5) is 0 Å². The first-order valence-electron chi connectivity index (χ1n) is 3.63. The molecule has 0 heterocycles. The summed E-state index contributed by atoms with van der Waals surface area (Å²) in [5.41, 5.74) is 0. The van der Waals surface area contributed by atoms with Gasteiger partial charge in [0.1, 0.15) is 19.8 Å². The maximum Gasteiger partial charge on any atom is 0.122 e. The molecule has 0 spiro atoms. The number of hydrogen-bond acceptors (Lipinski definition) is 5. The highest BCUT2D eigenvalue weighted by Gasteiger charge is 2.23. The summed E-state index contributed by atoms with van der Waals surface area (Å²) in [6.45, 7) is -0.704. The van der Waals surface area contributed by atoms with Crippen LogP contribution in [0.15, 0.2) is 0 Å². The summed E-state index contributed by atoms with van der Waals surface area (Å²) in [4.78, 5) is 10.1. The summed E-state index contributed by atoms with van der Waals surface area (Å²) >= 11 is 0. The number of aldehydes is 1. The Bertz CT molecular complexity index is 151. The van der Waals surface area contributed by atoms with Gasteiger partial charge in [0, 0.05) is 6.42 Å². The van der Waals surface area contributed by atoms with Gasteiger partial charge in [0.15, 0.2) is 0 Å². The van der Waals surface area contributed by atoms with Crippen LogP contribution in [0.3, 0.4) is 0 Å². The molecule has 0 aliphatic carbocycles. The molecule has 0 saturated heterocycles. The van der Waals surface area contributed by atoms with Crippen molar-refractivity contribution >= 4 is 6.26 Å². The largest absolute Gasteiger partial charge is 0.394 e. The van der Waals surface area contributed by atoms with Gasteiger partial charge in [-0.1, -0.05) is 0 Å². The number of aliphatic hydroxyl groups is 4. The molecule has 0 aromatic heterocycles. The van der Waals surface area contributed by atoms with Gasteiger partial charge in [-0.3, -0.25) is 0 Å². The SMILES string of the molecule is [3H]C(=O)CC(O)C(O)C(O)CO.